The van der Waals surface area contributed by atoms with E-state index in [1.165, 1.54) is 31.5 Å². The van der Waals surface area contributed by atoms with Crippen molar-refractivity contribution in [2.24, 2.45) is 0 Å². The number of piperazine rings is 1. The first-order chi connectivity index (χ1) is 24.9. The number of terminal acetylenes is 1. The second-order valence-corrected chi connectivity index (χ2v) is 14.5. The van der Waals surface area contributed by atoms with Crippen LogP contribution in [0.5, 0.6) is 11.8 Å². The Labute approximate surface area is 300 Å². The highest BCUT2D eigenvalue weighted by atomic mass is 19.1. The summed E-state index contributed by atoms with van der Waals surface area (Å²) in [4.78, 5) is 32.3. The van der Waals surface area contributed by atoms with Gasteiger partial charge in [-0.2, -0.15) is 9.97 Å². The van der Waals surface area contributed by atoms with Crippen LogP contribution in [-0.2, 0) is 9.47 Å². The number of rotatable bonds is 8. The van der Waals surface area contributed by atoms with Gasteiger partial charge >= 0.3 is 12.1 Å². The van der Waals surface area contributed by atoms with Gasteiger partial charge in [-0.15, -0.1) is 6.42 Å². The minimum Gasteiger partial charge on any atom is -0.468 e. The summed E-state index contributed by atoms with van der Waals surface area (Å²) >= 11 is 0. The van der Waals surface area contributed by atoms with Crippen molar-refractivity contribution < 1.29 is 36.9 Å². The van der Waals surface area contributed by atoms with Crippen molar-refractivity contribution in [2.45, 2.75) is 57.3 Å². The number of nitrogens with zero attached hydrogens (tertiary/aromatic N) is 6. The Morgan fingerprint density at radius 1 is 1.10 bits per heavy atom. The number of hydrogen-bond acceptors (Lipinski definition) is 10. The lowest BCUT2D eigenvalue weighted by atomic mass is 9.95. The summed E-state index contributed by atoms with van der Waals surface area (Å²) in [7, 11) is 1.47. The molecule has 7 rings (SSSR count). The number of pyridine rings is 1. The van der Waals surface area contributed by atoms with Crippen LogP contribution < -0.4 is 14.4 Å². The zero-order chi connectivity index (χ0) is 36.8. The fourth-order valence-electron chi connectivity index (χ4n) is 7.54. The third-order valence-corrected chi connectivity index (χ3v) is 9.89. The first-order valence-corrected chi connectivity index (χ1v) is 17.4. The lowest BCUT2D eigenvalue weighted by Gasteiger charge is -2.36. The Morgan fingerprint density at radius 2 is 1.88 bits per heavy atom. The molecule has 0 bridgehead atoms. The number of alkyl halides is 1. The molecule has 4 aromatic rings. The lowest BCUT2D eigenvalue weighted by Crippen LogP contribution is -2.50. The van der Waals surface area contributed by atoms with E-state index in [-0.39, 0.29) is 47.1 Å². The summed E-state index contributed by atoms with van der Waals surface area (Å²) < 4.78 is 69.3. The molecule has 0 saturated carbocycles. The van der Waals surface area contributed by atoms with Crippen LogP contribution in [0.15, 0.2) is 30.5 Å². The van der Waals surface area contributed by atoms with Crippen LogP contribution in [0.4, 0.5) is 23.8 Å². The van der Waals surface area contributed by atoms with Crippen LogP contribution in [0.3, 0.4) is 0 Å². The largest absolute Gasteiger partial charge is 0.468 e. The van der Waals surface area contributed by atoms with Crippen molar-refractivity contribution in [3.8, 4) is 35.4 Å². The molecule has 274 valence electrons. The second kappa shape index (κ2) is 13.9. The standard InChI is InChI=1S/C38H41F3N6O5/c1-6-26-29(40)9-8-23-16-25(51-22-49-5)17-27(30(23)26)32-31(41)33-28(19-42-32)34(45-12-14-46(15-13-45)36(48)52-37(2,3)4)44-35(43-33)50-21-38-10-7-11-47(38)20-24(39)18-38/h1,8-9,16-17,19,24H,7,10-15,18,20-22H2,2-5H3/t24-,38+/m1/s1. The van der Waals surface area contributed by atoms with Gasteiger partial charge in [0, 0.05) is 63.4 Å². The molecule has 5 heterocycles. The number of hydrogen-bond donors (Lipinski definition) is 0. The van der Waals surface area contributed by atoms with Gasteiger partial charge in [0.1, 0.15) is 47.0 Å². The van der Waals surface area contributed by atoms with Gasteiger partial charge in [0.05, 0.1) is 16.5 Å². The molecular weight excluding hydrogens is 677 g/mol. The smallest absolute Gasteiger partial charge is 0.410 e. The van der Waals surface area contributed by atoms with Gasteiger partial charge in [-0.25, -0.2) is 18.0 Å². The molecule has 11 nitrogen and oxygen atoms in total. The van der Waals surface area contributed by atoms with Gasteiger partial charge in [0.15, 0.2) is 12.6 Å². The van der Waals surface area contributed by atoms with Crippen LogP contribution in [0.1, 0.15) is 45.6 Å². The molecular formula is C38H41F3N6O5. The maximum absolute atomic E-state index is 17.1. The van der Waals surface area contributed by atoms with Crippen molar-refractivity contribution in [1.82, 2.24) is 24.8 Å². The first kappa shape index (κ1) is 35.5. The summed E-state index contributed by atoms with van der Waals surface area (Å²) in [6.45, 7) is 8.01. The Balaban J connectivity index is 1.32. The molecule has 0 N–H and O–H groups in total. The third-order valence-electron chi connectivity index (χ3n) is 9.89. The molecule has 0 spiro atoms. The normalized spacial score (nSPS) is 20.7. The lowest BCUT2D eigenvalue weighted by molar-refractivity contribution is 0.0240. The highest BCUT2D eigenvalue weighted by molar-refractivity contribution is 6.03. The van der Waals surface area contributed by atoms with Gasteiger partial charge in [-0.3, -0.25) is 9.88 Å². The fourth-order valence-corrected chi connectivity index (χ4v) is 7.54. The molecule has 14 heteroatoms. The topological polar surface area (TPSA) is 102 Å². The molecule has 2 atom stereocenters. The Kier molecular flexibility index (Phi) is 9.52. The molecule has 1 amide bonds. The monoisotopic (exact) mass is 718 g/mol. The van der Waals surface area contributed by atoms with Gasteiger partial charge in [-0.05, 0) is 63.7 Å². The van der Waals surface area contributed by atoms with Gasteiger partial charge in [0.2, 0.25) is 0 Å². The molecule has 3 aliphatic heterocycles. The third kappa shape index (κ3) is 6.75. The number of benzene rings is 2. The van der Waals surface area contributed by atoms with E-state index in [9.17, 15) is 9.18 Å². The highest BCUT2D eigenvalue weighted by Gasteiger charge is 2.49. The van der Waals surface area contributed by atoms with E-state index in [0.29, 0.717) is 61.5 Å². The van der Waals surface area contributed by atoms with Gasteiger partial charge < -0.3 is 28.7 Å². The first-order valence-electron chi connectivity index (χ1n) is 17.4. The average molecular weight is 719 g/mol. The Hall–Kier alpha value is -4.87. The number of methoxy groups -OCH3 is 1. The van der Waals surface area contributed by atoms with Gasteiger partial charge in [0.25, 0.3) is 0 Å². The quantitative estimate of drug-likeness (QED) is 0.157. The fraction of sp³-hybridized carbons (Fsp3) is 0.474. The predicted octanol–water partition coefficient (Wildman–Crippen LogP) is 6.10. The molecule has 3 fully saturated rings. The number of aromatic nitrogens is 3. The molecule has 52 heavy (non-hydrogen) atoms. The SMILES string of the molecule is C#Cc1c(F)ccc2cc(OCOC)cc(-c3ncc4c(N5CCN(C(=O)OC(C)(C)C)CC5)nc(OC[C@@]56CCCN5C[C@H](F)C6)nc4c3F)c12. The van der Waals surface area contributed by atoms with Crippen LogP contribution in [0.25, 0.3) is 32.9 Å². The van der Waals surface area contributed by atoms with Crippen LogP contribution in [-0.4, -0.2) is 108 Å². The summed E-state index contributed by atoms with van der Waals surface area (Å²) in [6, 6.07) is 5.91. The number of halogens is 3. The molecule has 2 aromatic carbocycles. The van der Waals surface area contributed by atoms with E-state index < -0.39 is 35.0 Å². The summed E-state index contributed by atoms with van der Waals surface area (Å²) in [6.07, 6.45) is 7.89. The molecule has 3 saturated heterocycles. The van der Waals surface area contributed by atoms with Crippen molar-refractivity contribution in [2.75, 3.05) is 64.7 Å². The molecule has 0 radical (unpaired) electrons. The second-order valence-electron chi connectivity index (χ2n) is 14.5. The van der Waals surface area contributed by atoms with Crippen molar-refractivity contribution in [1.29, 1.82) is 0 Å². The average Bonchev–Trinajstić information content (AvgIpc) is 3.64. The van der Waals surface area contributed by atoms with Crippen LogP contribution >= 0.6 is 0 Å². The van der Waals surface area contributed by atoms with E-state index in [1.807, 2.05) is 25.7 Å². The number of fused-ring (bicyclic) bond motifs is 3. The van der Waals surface area contributed by atoms with Crippen molar-refractivity contribution >= 4 is 33.6 Å². The number of amides is 1. The summed E-state index contributed by atoms with van der Waals surface area (Å²) in [5.74, 6) is 1.66. The highest BCUT2D eigenvalue weighted by Crippen LogP contribution is 2.42. The summed E-state index contributed by atoms with van der Waals surface area (Å²) in [5, 5.41) is 1.10. The van der Waals surface area contributed by atoms with E-state index in [1.54, 1.807) is 11.0 Å². The molecule has 2 aromatic heterocycles. The number of anilines is 1. The van der Waals surface area contributed by atoms with E-state index in [4.69, 9.17) is 30.4 Å². The van der Waals surface area contributed by atoms with Crippen molar-refractivity contribution in [3.63, 3.8) is 0 Å². The minimum absolute atomic E-state index is 0.0505. The molecule has 0 aliphatic carbocycles. The van der Waals surface area contributed by atoms with Crippen LogP contribution in [0, 0.1) is 24.0 Å². The predicted molar refractivity (Wildman–Crippen MR) is 189 cm³/mol. The summed E-state index contributed by atoms with van der Waals surface area (Å²) in [5.41, 5.74) is -1.20. The number of carbonyl (C=O) groups is 1. The van der Waals surface area contributed by atoms with E-state index in [0.717, 1.165) is 19.4 Å². The van der Waals surface area contributed by atoms with E-state index >= 15 is 8.78 Å². The van der Waals surface area contributed by atoms with E-state index in [2.05, 4.69) is 20.8 Å². The van der Waals surface area contributed by atoms with Crippen molar-refractivity contribution in [3.05, 3.63) is 47.7 Å². The number of ether oxygens (including phenoxy) is 4. The zero-order valence-corrected chi connectivity index (χ0v) is 29.7. The molecule has 0 unspecified atom stereocenters. The van der Waals surface area contributed by atoms with Crippen LogP contribution in [0.2, 0.25) is 0 Å². The van der Waals surface area contributed by atoms with Gasteiger partial charge in [-0.1, -0.05) is 12.0 Å². The Morgan fingerprint density at radius 3 is 2.62 bits per heavy atom. The molecule has 3 aliphatic rings. The Bertz CT molecular complexity index is 2060. The maximum atomic E-state index is 17.1. The zero-order valence-electron chi connectivity index (χ0n) is 29.7. The minimum atomic E-state index is -0.958. The maximum Gasteiger partial charge on any atom is 0.410 e. The number of carbonyl (C=O) groups excluding carboxylic acids is 1.